The summed E-state index contributed by atoms with van der Waals surface area (Å²) in [5.41, 5.74) is 0.973. The van der Waals surface area contributed by atoms with E-state index < -0.39 is 0 Å². The van der Waals surface area contributed by atoms with Gasteiger partial charge in [0.1, 0.15) is 5.75 Å². The van der Waals surface area contributed by atoms with Crippen LogP contribution in [0.3, 0.4) is 0 Å². The molecular weight excluding hydrogens is 366 g/mol. The third-order valence-corrected chi connectivity index (χ3v) is 5.17. The second kappa shape index (κ2) is 9.91. The Morgan fingerprint density at radius 3 is 2.28 bits per heavy atom. The van der Waals surface area contributed by atoms with E-state index in [9.17, 15) is 4.79 Å². The van der Waals surface area contributed by atoms with Gasteiger partial charge < -0.3 is 19.4 Å². The Hall–Kier alpha value is -3.09. The Morgan fingerprint density at radius 1 is 1.03 bits per heavy atom. The Morgan fingerprint density at radius 2 is 1.72 bits per heavy atom. The number of piperazine rings is 1. The molecule has 29 heavy (non-hydrogen) atoms. The fourth-order valence-electron chi connectivity index (χ4n) is 3.35. The van der Waals surface area contributed by atoms with Crippen molar-refractivity contribution in [3.05, 3.63) is 48.0 Å². The smallest absolute Gasteiger partial charge is 0.246 e. The van der Waals surface area contributed by atoms with Crippen LogP contribution in [0.4, 0.5) is 11.6 Å². The van der Waals surface area contributed by atoms with Crippen molar-refractivity contribution in [2.75, 3.05) is 56.2 Å². The maximum atomic E-state index is 12.5. The van der Waals surface area contributed by atoms with Crippen molar-refractivity contribution in [2.24, 2.45) is 0 Å². The third kappa shape index (κ3) is 5.25. The molecule has 1 aliphatic rings. The molecule has 3 rings (SSSR count). The van der Waals surface area contributed by atoms with Crippen LogP contribution in [0.5, 0.6) is 5.75 Å². The van der Waals surface area contributed by atoms with Gasteiger partial charge in [-0.25, -0.2) is 0 Å². The standard InChI is InChI=1S/C22H29N5O2/c1-4-25(5-2)20-11-12-21(24-23-20)26-14-16-27(17-15-26)22(28)13-8-18-6-9-19(29-3)10-7-18/h6-13H,4-5,14-17H2,1-3H3/b13-8+. The van der Waals surface area contributed by atoms with Crippen LogP contribution in [-0.2, 0) is 4.79 Å². The number of anilines is 2. The number of nitrogens with zero attached hydrogens (tertiary/aromatic N) is 5. The maximum Gasteiger partial charge on any atom is 0.246 e. The van der Waals surface area contributed by atoms with E-state index in [1.807, 2.05) is 47.4 Å². The predicted molar refractivity (Wildman–Crippen MR) is 116 cm³/mol. The summed E-state index contributed by atoms with van der Waals surface area (Å²) in [6.07, 6.45) is 3.47. The van der Waals surface area contributed by atoms with Gasteiger partial charge in [-0.3, -0.25) is 4.79 Å². The summed E-state index contributed by atoms with van der Waals surface area (Å²) in [7, 11) is 1.64. The molecule has 1 aromatic heterocycles. The molecule has 0 saturated carbocycles. The Kier molecular flexibility index (Phi) is 7.05. The van der Waals surface area contributed by atoms with Crippen LogP contribution in [0.2, 0.25) is 0 Å². The summed E-state index contributed by atoms with van der Waals surface area (Å²) < 4.78 is 5.15. The number of ether oxygens (including phenoxy) is 1. The first kappa shape index (κ1) is 20.6. The molecule has 7 nitrogen and oxygen atoms in total. The number of hydrogen-bond acceptors (Lipinski definition) is 6. The zero-order valence-electron chi connectivity index (χ0n) is 17.4. The molecule has 0 spiro atoms. The van der Waals surface area contributed by atoms with Crippen molar-refractivity contribution in [3.8, 4) is 5.75 Å². The van der Waals surface area contributed by atoms with Crippen molar-refractivity contribution < 1.29 is 9.53 Å². The van der Waals surface area contributed by atoms with Gasteiger partial charge in [0.2, 0.25) is 5.91 Å². The molecule has 0 bridgehead atoms. The van der Waals surface area contributed by atoms with Crippen molar-refractivity contribution in [1.29, 1.82) is 0 Å². The highest BCUT2D eigenvalue weighted by molar-refractivity contribution is 5.92. The van der Waals surface area contributed by atoms with E-state index in [-0.39, 0.29) is 5.91 Å². The van der Waals surface area contributed by atoms with E-state index in [2.05, 4.69) is 33.8 Å². The molecule has 1 fully saturated rings. The first-order chi connectivity index (χ1) is 14.1. The van der Waals surface area contributed by atoms with E-state index >= 15 is 0 Å². The van der Waals surface area contributed by atoms with Crippen molar-refractivity contribution in [3.63, 3.8) is 0 Å². The van der Waals surface area contributed by atoms with E-state index in [0.717, 1.165) is 49.1 Å². The van der Waals surface area contributed by atoms with Gasteiger partial charge in [0.15, 0.2) is 11.6 Å². The monoisotopic (exact) mass is 395 g/mol. The van der Waals surface area contributed by atoms with E-state index in [0.29, 0.717) is 13.1 Å². The molecule has 1 aromatic carbocycles. The topological polar surface area (TPSA) is 61.8 Å². The summed E-state index contributed by atoms with van der Waals surface area (Å²) in [4.78, 5) is 18.7. The van der Waals surface area contributed by atoms with Gasteiger partial charge in [-0.15, -0.1) is 10.2 Å². The summed E-state index contributed by atoms with van der Waals surface area (Å²) in [5.74, 6) is 2.60. The lowest BCUT2D eigenvalue weighted by Gasteiger charge is -2.34. The molecular formula is C22H29N5O2. The van der Waals surface area contributed by atoms with Gasteiger partial charge in [-0.1, -0.05) is 12.1 Å². The first-order valence-corrected chi connectivity index (χ1v) is 10.1. The Bertz CT molecular complexity index is 808. The number of rotatable bonds is 7. The molecule has 0 atom stereocenters. The Balaban J connectivity index is 1.52. The predicted octanol–water partition coefficient (Wildman–Crippen LogP) is 2.69. The molecule has 7 heteroatoms. The lowest BCUT2D eigenvalue weighted by Crippen LogP contribution is -2.48. The fourth-order valence-corrected chi connectivity index (χ4v) is 3.35. The van der Waals surface area contributed by atoms with Gasteiger partial charge in [-0.2, -0.15) is 0 Å². The third-order valence-electron chi connectivity index (χ3n) is 5.17. The molecule has 1 saturated heterocycles. The van der Waals surface area contributed by atoms with Crippen LogP contribution >= 0.6 is 0 Å². The van der Waals surface area contributed by atoms with Crippen LogP contribution in [0.25, 0.3) is 6.08 Å². The summed E-state index contributed by atoms with van der Waals surface area (Å²) in [5, 5.41) is 8.74. The number of methoxy groups -OCH3 is 1. The molecule has 1 aliphatic heterocycles. The van der Waals surface area contributed by atoms with Gasteiger partial charge in [0.05, 0.1) is 7.11 Å². The molecule has 0 N–H and O–H groups in total. The minimum absolute atomic E-state index is 0.0310. The van der Waals surface area contributed by atoms with E-state index in [4.69, 9.17) is 4.74 Å². The number of carbonyl (C=O) groups is 1. The van der Waals surface area contributed by atoms with Crippen LogP contribution in [0, 0.1) is 0 Å². The van der Waals surface area contributed by atoms with E-state index in [1.165, 1.54) is 0 Å². The lowest BCUT2D eigenvalue weighted by molar-refractivity contribution is -0.126. The van der Waals surface area contributed by atoms with Crippen LogP contribution in [-0.4, -0.2) is 67.4 Å². The number of benzene rings is 1. The number of hydrogen-bond donors (Lipinski definition) is 0. The first-order valence-electron chi connectivity index (χ1n) is 10.1. The van der Waals surface area contributed by atoms with Gasteiger partial charge >= 0.3 is 0 Å². The van der Waals surface area contributed by atoms with E-state index in [1.54, 1.807) is 13.2 Å². The molecule has 154 valence electrons. The quantitative estimate of drug-likeness (QED) is 0.672. The SMILES string of the molecule is CCN(CC)c1ccc(N2CCN(C(=O)/C=C/c3ccc(OC)cc3)CC2)nn1. The van der Waals surface area contributed by atoms with Gasteiger partial charge in [0, 0.05) is 45.3 Å². The van der Waals surface area contributed by atoms with Crippen molar-refractivity contribution >= 4 is 23.6 Å². The average Bonchev–Trinajstić information content (AvgIpc) is 2.79. The second-order valence-electron chi connectivity index (χ2n) is 6.84. The maximum absolute atomic E-state index is 12.5. The normalized spacial score (nSPS) is 14.3. The summed E-state index contributed by atoms with van der Waals surface area (Å²) >= 11 is 0. The highest BCUT2D eigenvalue weighted by Crippen LogP contribution is 2.17. The number of carbonyl (C=O) groups excluding carboxylic acids is 1. The summed E-state index contributed by atoms with van der Waals surface area (Å²) in [6.45, 7) is 8.89. The molecule has 0 radical (unpaired) electrons. The number of amides is 1. The lowest BCUT2D eigenvalue weighted by atomic mass is 10.2. The van der Waals surface area contributed by atoms with Crippen molar-refractivity contribution in [1.82, 2.24) is 15.1 Å². The highest BCUT2D eigenvalue weighted by atomic mass is 16.5. The molecule has 2 aromatic rings. The van der Waals surface area contributed by atoms with Crippen molar-refractivity contribution in [2.45, 2.75) is 13.8 Å². The van der Waals surface area contributed by atoms with Gasteiger partial charge in [0.25, 0.3) is 0 Å². The van der Waals surface area contributed by atoms with Crippen LogP contribution in [0.15, 0.2) is 42.5 Å². The summed E-state index contributed by atoms with van der Waals surface area (Å²) in [6, 6.07) is 11.7. The molecule has 0 unspecified atom stereocenters. The zero-order valence-corrected chi connectivity index (χ0v) is 17.4. The average molecular weight is 396 g/mol. The number of aromatic nitrogens is 2. The molecule has 2 heterocycles. The molecule has 1 amide bonds. The Labute approximate surface area is 172 Å². The minimum Gasteiger partial charge on any atom is -0.497 e. The van der Waals surface area contributed by atoms with Crippen LogP contribution < -0.4 is 14.5 Å². The van der Waals surface area contributed by atoms with Gasteiger partial charge in [-0.05, 0) is 49.8 Å². The minimum atomic E-state index is 0.0310. The second-order valence-corrected chi connectivity index (χ2v) is 6.84. The highest BCUT2D eigenvalue weighted by Gasteiger charge is 2.21. The zero-order chi connectivity index (χ0) is 20.6. The molecule has 0 aliphatic carbocycles. The largest absolute Gasteiger partial charge is 0.497 e. The van der Waals surface area contributed by atoms with Crippen LogP contribution in [0.1, 0.15) is 19.4 Å². The fraction of sp³-hybridized carbons (Fsp3) is 0.409.